The Labute approximate surface area is 139 Å². The lowest BCUT2D eigenvalue weighted by Gasteiger charge is -2.17. The van der Waals surface area contributed by atoms with Crippen molar-refractivity contribution in [1.82, 2.24) is 9.78 Å². The van der Waals surface area contributed by atoms with Gasteiger partial charge in [-0.05, 0) is 37.1 Å². The van der Waals surface area contributed by atoms with E-state index in [0.29, 0.717) is 13.2 Å². The second-order valence-corrected chi connectivity index (χ2v) is 7.07. The van der Waals surface area contributed by atoms with E-state index in [2.05, 4.69) is 51.0 Å². The van der Waals surface area contributed by atoms with E-state index in [1.165, 1.54) is 5.56 Å². The summed E-state index contributed by atoms with van der Waals surface area (Å²) < 4.78 is 7.60. The van der Waals surface area contributed by atoms with Crippen LogP contribution in [0.1, 0.15) is 56.1 Å². The quantitative estimate of drug-likeness (QED) is 0.918. The minimum Gasteiger partial charge on any atom is -0.494 e. The molecule has 23 heavy (non-hydrogen) atoms. The third-order valence-electron chi connectivity index (χ3n) is 4.18. The highest BCUT2D eigenvalue weighted by Crippen LogP contribution is 2.30. The Morgan fingerprint density at radius 3 is 2.43 bits per heavy atom. The standard InChI is InChI=1S/C19H29N3O/c1-7-23-17-9-8-14(10-13(17)2)15(12-20)16-11-18(19(3,4)5)21-22(16)6/h8-11,15H,7,12,20H2,1-6H3. The van der Waals surface area contributed by atoms with Gasteiger partial charge in [0.25, 0.3) is 0 Å². The molecule has 0 bridgehead atoms. The van der Waals surface area contributed by atoms with E-state index >= 15 is 0 Å². The molecule has 1 heterocycles. The van der Waals surface area contributed by atoms with E-state index < -0.39 is 0 Å². The molecule has 1 aromatic carbocycles. The first-order chi connectivity index (χ1) is 10.8. The number of benzene rings is 1. The van der Waals surface area contributed by atoms with Crippen molar-refractivity contribution in [3.05, 3.63) is 46.8 Å². The molecule has 1 aromatic heterocycles. The van der Waals surface area contributed by atoms with E-state index in [-0.39, 0.29) is 11.3 Å². The topological polar surface area (TPSA) is 53.1 Å². The summed E-state index contributed by atoms with van der Waals surface area (Å²) in [5, 5.41) is 4.68. The first-order valence-electron chi connectivity index (χ1n) is 8.25. The van der Waals surface area contributed by atoms with Gasteiger partial charge in [-0.2, -0.15) is 5.10 Å². The Kier molecular flexibility index (Phi) is 5.15. The number of nitrogens with zero attached hydrogens (tertiary/aromatic N) is 2. The Hall–Kier alpha value is -1.81. The molecule has 0 saturated heterocycles. The van der Waals surface area contributed by atoms with Crippen LogP contribution in [0, 0.1) is 6.92 Å². The van der Waals surface area contributed by atoms with Crippen molar-refractivity contribution in [2.75, 3.05) is 13.2 Å². The van der Waals surface area contributed by atoms with Crippen molar-refractivity contribution >= 4 is 0 Å². The van der Waals surface area contributed by atoms with Gasteiger partial charge in [-0.25, -0.2) is 0 Å². The van der Waals surface area contributed by atoms with Crippen molar-refractivity contribution in [3.8, 4) is 5.75 Å². The lowest BCUT2D eigenvalue weighted by molar-refractivity contribution is 0.337. The number of hydrogen-bond donors (Lipinski definition) is 1. The minimum atomic E-state index is 0.0316. The van der Waals surface area contributed by atoms with Crippen LogP contribution < -0.4 is 10.5 Å². The molecule has 0 aliphatic rings. The highest BCUT2D eigenvalue weighted by molar-refractivity contribution is 5.40. The summed E-state index contributed by atoms with van der Waals surface area (Å²) in [5.74, 6) is 1.07. The molecule has 0 aliphatic carbocycles. The van der Waals surface area contributed by atoms with Gasteiger partial charge in [0.1, 0.15) is 5.75 Å². The van der Waals surface area contributed by atoms with Crippen LogP contribution in [0.3, 0.4) is 0 Å². The zero-order valence-corrected chi connectivity index (χ0v) is 15.2. The van der Waals surface area contributed by atoms with Gasteiger partial charge in [0.2, 0.25) is 0 Å². The Morgan fingerprint density at radius 2 is 1.96 bits per heavy atom. The summed E-state index contributed by atoms with van der Waals surface area (Å²) in [6, 6.07) is 8.51. The fraction of sp³-hybridized carbons (Fsp3) is 0.526. The summed E-state index contributed by atoms with van der Waals surface area (Å²) in [7, 11) is 1.99. The smallest absolute Gasteiger partial charge is 0.122 e. The molecular formula is C19H29N3O. The third kappa shape index (κ3) is 3.75. The predicted molar refractivity (Wildman–Crippen MR) is 95.2 cm³/mol. The fourth-order valence-corrected chi connectivity index (χ4v) is 2.81. The summed E-state index contributed by atoms with van der Waals surface area (Å²) in [5.41, 5.74) is 10.7. The van der Waals surface area contributed by atoms with Crippen molar-refractivity contribution in [1.29, 1.82) is 0 Å². The average molecular weight is 315 g/mol. The Bertz CT molecular complexity index is 668. The molecule has 1 unspecified atom stereocenters. The predicted octanol–water partition coefficient (Wildman–Crippen LogP) is 3.52. The molecule has 4 heteroatoms. The molecule has 2 rings (SSSR count). The van der Waals surface area contributed by atoms with E-state index in [0.717, 1.165) is 22.7 Å². The zero-order chi connectivity index (χ0) is 17.2. The third-order valence-corrected chi connectivity index (χ3v) is 4.18. The molecule has 0 saturated carbocycles. The number of rotatable bonds is 5. The number of nitrogens with two attached hydrogens (primary N) is 1. The van der Waals surface area contributed by atoms with Crippen LogP contribution in [0.25, 0.3) is 0 Å². The molecule has 0 aliphatic heterocycles. The van der Waals surface area contributed by atoms with E-state index in [1.54, 1.807) is 0 Å². The number of hydrogen-bond acceptors (Lipinski definition) is 3. The molecule has 2 aromatic rings. The van der Waals surface area contributed by atoms with Crippen molar-refractivity contribution in [2.45, 2.75) is 46.0 Å². The lowest BCUT2D eigenvalue weighted by atomic mass is 9.89. The maximum atomic E-state index is 6.10. The monoisotopic (exact) mass is 315 g/mol. The molecule has 126 valence electrons. The second kappa shape index (κ2) is 6.75. The van der Waals surface area contributed by atoms with Crippen LogP contribution in [0.5, 0.6) is 5.75 Å². The lowest BCUT2D eigenvalue weighted by Crippen LogP contribution is -2.17. The van der Waals surface area contributed by atoms with E-state index in [1.807, 2.05) is 24.7 Å². The number of aromatic nitrogens is 2. The van der Waals surface area contributed by atoms with Crippen molar-refractivity contribution < 1.29 is 4.74 Å². The highest BCUT2D eigenvalue weighted by Gasteiger charge is 2.23. The summed E-state index contributed by atoms with van der Waals surface area (Å²) >= 11 is 0. The molecule has 0 spiro atoms. The normalized spacial score (nSPS) is 13.2. The van der Waals surface area contributed by atoms with E-state index in [4.69, 9.17) is 10.5 Å². The van der Waals surface area contributed by atoms with Crippen LogP contribution in [-0.4, -0.2) is 22.9 Å². The molecular weight excluding hydrogens is 286 g/mol. The highest BCUT2D eigenvalue weighted by atomic mass is 16.5. The van der Waals surface area contributed by atoms with Gasteiger partial charge >= 0.3 is 0 Å². The van der Waals surface area contributed by atoms with E-state index in [9.17, 15) is 0 Å². The van der Waals surface area contributed by atoms with Crippen LogP contribution in [0.15, 0.2) is 24.3 Å². The van der Waals surface area contributed by atoms with Crippen LogP contribution in [-0.2, 0) is 12.5 Å². The molecule has 1 atom stereocenters. The molecule has 0 radical (unpaired) electrons. The van der Waals surface area contributed by atoms with Gasteiger partial charge < -0.3 is 10.5 Å². The molecule has 2 N–H and O–H groups in total. The van der Waals surface area contributed by atoms with Crippen LogP contribution in [0.2, 0.25) is 0 Å². The van der Waals surface area contributed by atoms with Gasteiger partial charge in [-0.3, -0.25) is 4.68 Å². The van der Waals surface area contributed by atoms with Crippen LogP contribution >= 0.6 is 0 Å². The number of aryl methyl sites for hydroxylation is 2. The largest absolute Gasteiger partial charge is 0.494 e. The Balaban J connectivity index is 2.40. The summed E-state index contributed by atoms with van der Waals surface area (Å²) in [4.78, 5) is 0. The van der Waals surface area contributed by atoms with Crippen molar-refractivity contribution in [2.24, 2.45) is 12.8 Å². The minimum absolute atomic E-state index is 0.0316. The Morgan fingerprint density at radius 1 is 1.26 bits per heavy atom. The average Bonchev–Trinajstić information content (AvgIpc) is 2.85. The van der Waals surface area contributed by atoms with Gasteiger partial charge in [-0.1, -0.05) is 32.9 Å². The van der Waals surface area contributed by atoms with Gasteiger partial charge in [-0.15, -0.1) is 0 Å². The summed E-state index contributed by atoms with van der Waals surface area (Å²) in [6.45, 7) is 11.8. The van der Waals surface area contributed by atoms with Gasteiger partial charge in [0.05, 0.1) is 12.3 Å². The van der Waals surface area contributed by atoms with Gasteiger partial charge in [0, 0.05) is 30.6 Å². The zero-order valence-electron chi connectivity index (χ0n) is 15.2. The maximum absolute atomic E-state index is 6.10. The van der Waals surface area contributed by atoms with Crippen molar-refractivity contribution in [3.63, 3.8) is 0 Å². The first-order valence-corrected chi connectivity index (χ1v) is 8.25. The second-order valence-electron chi connectivity index (χ2n) is 7.07. The molecule has 4 nitrogen and oxygen atoms in total. The first kappa shape index (κ1) is 17.5. The molecule has 0 amide bonds. The SMILES string of the molecule is CCOc1ccc(C(CN)c2cc(C(C)(C)C)nn2C)cc1C. The van der Waals surface area contributed by atoms with Crippen LogP contribution in [0.4, 0.5) is 0 Å². The molecule has 0 fully saturated rings. The fourth-order valence-electron chi connectivity index (χ4n) is 2.81. The van der Waals surface area contributed by atoms with Gasteiger partial charge in [0.15, 0.2) is 0 Å². The maximum Gasteiger partial charge on any atom is 0.122 e. The number of ether oxygens (including phenoxy) is 1. The summed E-state index contributed by atoms with van der Waals surface area (Å²) in [6.07, 6.45) is 0.